The van der Waals surface area contributed by atoms with E-state index in [1.165, 1.54) is 12.8 Å². The Morgan fingerprint density at radius 1 is 1.40 bits per heavy atom. The van der Waals surface area contributed by atoms with Gasteiger partial charge in [0.25, 0.3) is 0 Å². The lowest BCUT2D eigenvalue weighted by Gasteiger charge is -2.39. The van der Waals surface area contributed by atoms with E-state index in [-0.39, 0.29) is 11.3 Å². The van der Waals surface area contributed by atoms with Gasteiger partial charge in [0.15, 0.2) is 0 Å². The van der Waals surface area contributed by atoms with Gasteiger partial charge >= 0.3 is 0 Å². The molecule has 4 heteroatoms. The number of hydrogen-bond donors (Lipinski definition) is 2. The molecule has 1 heterocycles. The Labute approximate surface area is 125 Å². The smallest absolute Gasteiger partial charge is 0.230 e. The quantitative estimate of drug-likeness (QED) is 0.820. The molecule has 2 rings (SSSR count). The summed E-state index contributed by atoms with van der Waals surface area (Å²) < 4.78 is 0. The van der Waals surface area contributed by atoms with Crippen LogP contribution in [0, 0.1) is 5.41 Å². The van der Waals surface area contributed by atoms with Crippen molar-refractivity contribution in [1.82, 2.24) is 10.6 Å². The molecule has 1 aromatic carbocycles. The van der Waals surface area contributed by atoms with E-state index in [0.29, 0.717) is 11.8 Å². The third kappa shape index (κ3) is 4.53. The molecule has 1 amide bonds. The van der Waals surface area contributed by atoms with Crippen LogP contribution in [0.5, 0.6) is 0 Å². The summed E-state index contributed by atoms with van der Waals surface area (Å²) in [5.74, 6) is 0.596. The van der Waals surface area contributed by atoms with Crippen LogP contribution in [0.1, 0.15) is 26.7 Å². The fourth-order valence-electron chi connectivity index (χ4n) is 2.55. The van der Waals surface area contributed by atoms with Crippen LogP contribution in [-0.4, -0.2) is 30.8 Å². The molecule has 2 N–H and O–H groups in total. The van der Waals surface area contributed by atoms with Gasteiger partial charge in [-0.3, -0.25) is 4.79 Å². The molecule has 1 saturated heterocycles. The molecule has 1 aromatic rings. The van der Waals surface area contributed by atoms with Gasteiger partial charge in [-0.05, 0) is 36.9 Å². The maximum absolute atomic E-state index is 11.9. The van der Waals surface area contributed by atoms with E-state index < -0.39 is 0 Å². The summed E-state index contributed by atoms with van der Waals surface area (Å²) in [6.07, 6.45) is 2.45. The minimum atomic E-state index is 0.113. The lowest BCUT2D eigenvalue weighted by atomic mass is 9.77. The number of nitrogens with one attached hydrogen (secondary N) is 2. The molecule has 110 valence electrons. The summed E-state index contributed by atoms with van der Waals surface area (Å²) in [6, 6.07) is 10.4. The Hall–Kier alpha value is -1.00. The van der Waals surface area contributed by atoms with Crippen LogP contribution >= 0.6 is 11.8 Å². The van der Waals surface area contributed by atoms with E-state index in [4.69, 9.17) is 0 Å². The molecule has 1 atom stereocenters. The van der Waals surface area contributed by atoms with Crippen molar-refractivity contribution >= 4 is 17.7 Å². The number of piperidine rings is 1. The van der Waals surface area contributed by atoms with E-state index >= 15 is 0 Å². The van der Waals surface area contributed by atoms with Crippen LogP contribution in [0.15, 0.2) is 35.2 Å². The average molecular weight is 292 g/mol. The molecule has 0 spiro atoms. The first-order chi connectivity index (χ1) is 9.58. The Balaban J connectivity index is 1.72. The molecule has 0 aromatic heterocycles. The number of amides is 1. The first-order valence-electron chi connectivity index (χ1n) is 7.26. The number of benzene rings is 1. The van der Waals surface area contributed by atoms with Crippen molar-refractivity contribution in [3.8, 4) is 0 Å². The molecule has 20 heavy (non-hydrogen) atoms. The largest absolute Gasteiger partial charge is 0.354 e. The highest BCUT2D eigenvalue weighted by atomic mass is 32.2. The Morgan fingerprint density at radius 2 is 2.15 bits per heavy atom. The van der Waals surface area contributed by atoms with Gasteiger partial charge in [-0.1, -0.05) is 32.0 Å². The van der Waals surface area contributed by atoms with Crippen molar-refractivity contribution in [2.45, 2.75) is 37.6 Å². The second-order valence-electron chi connectivity index (χ2n) is 6.00. The standard InChI is InChI=1S/C16H24N2OS/c1-16(2)9-6-10-17-14(16)11-18-15(19)12-20-13-7-4-3-5-8-13/h3-5,7-8,14,17H,6,9-12H2,1-2H3,(H,18,19). The molecular weight excluding hydrogens is 268 g/mol. The van der Waals surface area contributed by atoms with Gasteiger partial charge in [-0.15, -0.1) is 11.8 Å². The number of rotatable bonds is 5. The highest BCUT2D eigenvalue weighted by Gasteiger charge is 2.31. The van der Waals surface area contributed by atoms with Gasteiger partial charge < -0.3 is 10.6 Å². The van der Waals surface area contributed by atoms with Crippen LogP contribution < -0.4 is 10.6 Å². The Kier molecular flexibility index (Phi) is 5.49. The van der Waals surface area contributed by atoms with Gasteiger partial charge in [0.05, 0.1) is 5.75 Å². The van der Waals surface area contributed by atoms with E-state index in [2.05, 4.69) is 24.5 Å². The van der Waals surface area contributed by atoms with E-state index in [1.807, 2.05) is 30.3 Å². The van der Waals surface area contributed by atoms with Crippen molar-refractivity contribution in [2.24, 2.45) is 5.41 Å². The zero-order valence-electron chi connectivity index (χ0n) is 12.3. The molecule has 0 aliphatic carbocycles. The molecule has 1 aliphatic heterocycles. The highest BCUT2D eigenvalue weighted by molar-refractivity contribution is 8.00. The molecule has 0 radical (unpaired) electrons. The highest BCUT2D eigenvalue weighted by Crippen LogP contribution is 2.29. The van der Waals surface area contributed by atoms with Crippen LogP contribution in [0.3, 0.4) is 0 Å². The van der Waals surface area contributed by atoms with Crippen molar-refractivity contribution in [1.29, 1.82) is 0 Å². The lowest BCUT2D eigenvalue weighted by Crippen LogP contribution is -2.53. The Bertz CT molecular complexity index is 433. The second kappa shape index (κ2) is 7.14. The van der Waals surface area contributed by atoms with Crippen LogP contribution in [0.25, 0.3) is 0 Å². The van der Waals surface area contributed by atoms with E-state index in [9.17, 15) is 4.79 Å². The maximum Gasteiger partial charge on any atom is 0.230 e. The minimum absolute atomic E-state index is 0.113. The number of carbonyl (C=O) groups is 1. The molecule has 1 aliphatic rings. The fraction of sp³-hybridized carbons (Fsp3) is 0.562. The number of thioether (sulfide) groups is 1. The van der Waals surface area contributed by atoms with Gasteiger partial charge in [-0.25, -0.2) is 0 Å². The molecular formula is C16H24N2OS. The van der Waals surface area contributed by atoms with Crippen LogP contribution in [0.2, 0.25) is 0 Å². The van der Waals surface area contributed by atoms with Crippen LogP contribution in [-0.2, 0) is 4.79 Å². The maximum atomic E-state index is 11.9. The van der Waals surface area contributed by atoms with Gasteiger partial charge in [-0.2, -0.15) is 0 Å². The van der Waals surface area contributed by atoms with E-state index in [1.54, 1.807) is 11.8 Å². The van der Waals surface area contributed by atoms with Gasteiger partial charge in [0.2, 0.25) is 5.91 Å². The summed E-state index contributed by atoms with van der Waals surface area (Å²) >= 11 is 1.58. The molecule has 0 saturated carbocycles. The molecule has 1 unspecified atom stereocenters. The predicted molar refractivity (Wildman–Crippen MR) is 85.0 cm³/mol. The monoisotopic (exact) mass is 292 g/mol. The summed E-state index contributed by atoms with van der Waals surface area (Å²) in [5, 5.41) is 6.57. The average Bonchev–Trinajstić information content (AvgIpc) is 2.44. The van der Waals surface area contributed by atoms with Crippen molar-refractivity contribution in [2.75, 3.05) is 18.8 Å². The summed E-state index contributed by atoms with van der Waals surface area (Å²) in [5.41, 5.74) is 0.262. The molecule has 3 nitrogen and oxygen atoms in total. The van der Waals surface area contributed by atoms with Crippen molar-refractivity contribution in [3.63, 3.8) is 0 Å². The summed E-state index contributed by atoms with van der Waals surface area (Å²) in [7, 11) is 0. The van der Waals surface area contributed by atoms with Crippen LogP contribution in [0.4, 0.5) is 0 Å². The topological polar surface area (TPSA) is 41.1 Å². The minimum Gasteiger partial charge on any atom is -0.354 e. The van der Waals surface area contributed by atoms with Gasteiger partial charge in [0.1, 0.15) is 0 Å². The SMILES string of the molecule is CC1(C)CCCNC1CNC(=O)CSc1ccccc1. The van der Waals surface area contributed by atoms with Crippen molar-refractivity contribution in [3.05, 3.63) is 30.3 Å². The Morgan fingerprint density at radius 3 is 2.85 bits per heavy atom. The summed E-state index contributed by atoms with van der Waals surface area (Å²) in [4.78, 5) is 13.0. The number of carbonyl (C=O) groups excluding carboxylic acids is 1. The normalized spacial score (nSPS) is 21.4. The summed E-state index contributed by atoms with van der Waals surface area (Å²) in [6.45, 7) is 6.33. The third-order valence-corrected chi connectivity index (χ3v) is 4.96. The first kappa shape index (κ1) is 15.4. The molecule has 0 bridgehead atoms. The molecule has 1 fully saturated rings. The number of hydrogen-bond acceptors (Lipinski definition) is 3. The zero-order valence-corrected chi connectivity index (χ0v) is 13.1. The van der Waals surface area contributed by atoms with Gasteiger partial charge in [0, 0.05) is 17.5 Å². The second-order valence-corrected chi connectivity index (χ2v) is 7.05. The lowest BCUT2D eigenvalue weighted by molar-refractivity contribution is -0.118. The predicted octanol–water partition coefficient (Wildman–Crippen LogP) is 2.67. The van der Waals surface area contributed by atoms with E-state index in [0.717, 1.165) is 18.0 Å². The van der Waals surface area contributed by atoms with Crippen molar-refractivity contribution < 1.29 is 4.79 Å². The third-order valence-electron chi connectivity index (χ3n) is 3.95. The zero-order chi connectivity index (χ0) is 14.4. The fourth-order valence-corrected chi connectivity index (χ4v) is 3.30. The first-order valence-corrected chi connectivity index (χ1v) is 8.24.